The van der Waals surface area contributed by atoms with Gasteiger partial charge in [0.15, 0.2) is 0 Å². The lowest BCUT2D eigenvalue weighted by molar-refractivity contribution is -0.124. The number of nitrogens with zero attached hydrogens (tertiary/aromatic N) is 2. The molecule has 0 radical (unpaired) electrons. The number of ether oxygens (including phenoxy) is 1. The highest BCUT2D eigenvalue weighted by atomic mass is 16.5. The van der Waals surface area contributed by atoms with Crippen molar-refractivity contribution in [2.45, 2.75) is 64.4 Å². The molecule has 1 aliphatic carbocycles. The van der Waals surface area contributed by atoms with Crippen LogP contribution in [0.3, 0.4) is 0 Å². The minimum atomic E-state index is 0.137. The largest absolute Gasteiger partial charge is 0.490 e. The standard InChI is InChI=1S/C23H30N2O2/c1-2-3-14-25-15-6-9-20-21(16-24-22(20)23(25)26)17-10-12-19(13-11-17)27-18-7-4-5-8-18/h10-13,16,18,20H,2-9,14-15H2,1H3. The molecule has 4 heteroatoms. The maximum absolute atomic E-state index is 12.9. The van der Waals surface area contributed by atoms with Crippen LogP contribution in [0.4, 0.5) is 0 Å². The summed E-state index contributed by atoms with van der Waals surface area (Å²) in [6, 6.07) is 8.38. The molecule has 1 saturated carbocycles. The maximum Gasteiger partial charge on any atom is 0.268 e. The smallest absolute Gasteiger partial charge is 0.268 e. The Hall–Kier alpha value is -2.10. The summed E-state index contributed by atoms with van der Waals surface area (Å²) < 4.78 is 6.08. The Morgan fingerprint density at radius 2 is 1.89 bits per heavy atom. The van der Waals surface area contributed by atoms with E-state index in [9.17, 15) is 4.79 Å². The Balaban J connectivity index is 1.44. The third kappa shape index (κ3) is 3.95. The molecule has 1 unspecified atom stereocenters. The average Bonchev–Trinajstić information content (AvgIpc) is 3.31. The molecule has 1 saturated heterocycles. The summed E-state index contributed by atoms with van der Waals surface area (Å²) in [6.45, 7) is 3.87. The Labute approximate surface area is 162 Å². The maximum atomic E-state index is 12.9. The number of allylic oxidation sites excluding steroid dienone is 1. The van der Waals surface area contributed by atoms with Crippen LogP contribution < -0.4 is 4.74 Å². The summed E-state index contributed by atoms with van der Waals surface area (Å²) in [5, 5.41) is 0. The lowest BCUT2D eigenvalue weighted by Gasteiger charge is -2.20. The molecule has 0 N–H and O–H groups in total. The number of rotatable bonds is 6. The Bertz CT molecular complexity index is 729. The summed E-state index contributed by atoms with van der Waals surface area (Å²) in [4.78, 5) is 19.4. The minimum absolute atomic E-state index is 0.137. The van der Waals surface area contributed by atoms with Crippen molar-refractivity contribution in [2.24, 2.45) is 10.9 Å². The lowest BCUT2D eigenvalue weighted by atomic mass is 9.88. The van der Waals surface area contributed by atoms with Crippen molar-refractivity contribution in [3.63, 3.8) is 0 Å². The van der Waals surface area contributed by atoms with Crippen molar-refractivity contribution < 1.29 is 9.53 Å². The number of hydrogen-bond acceptors (Lipinski definition) is 3. The van der Waals surface area contributed by atoms with Gasteiger partial charge in [-0.05, 0) is 68.2 Å². The molecule has 1 aromatic rings. The van der Waals surface area contributed by atoms with Crippen LogP contribution in [-0.4, -0.2) is 35.7 Å². The number of benzene rings is 1. The first-order valence-corrected chi connectivity index (χ1v) is 10.6. The van der Waals surface area contributed by atoms with E-state index in [0.717, 1.165) is 55.8 Å². The number of likely N-dealkylation sites (tertiary alicyclic amines) is 1. The fourth-order valence-electron chi connectivity index (χ4n) is 4.48. The Morgan fingerprint density at radius 3 is 2.63 bits per heavy atom. The van der Waals surface area contributed by atoms with E-state index in [0.29, 0.717) is 6.10 Å². The summed E-state index contributed by atoms with van der Waals surface area (Å²) in [7, 11) is 0. The van der Waals surface area contributed by atoms with Crippen molar-refractivity contribution in [1.82, 2.24) is 4.90 Å². The number of amides is 1. The first-order valence-electron chi connectivity index (χ1n) is 10.6. The van der Waals surface area contributed by atoms with Crippen LogP contribution in [-0.2, 0) is 4.79 Å². The van der Waals surface area contributed by atoms with E-state index in [4.69, 9.17) is 4.74 Å². The van der Waals surface area contributed by atoms with Gasteiger partial charge in [0.25, 0.3) is 5.91 Å². The fraction of sp³-hybridized carbons (Fsp3) is 0.565. The van der Waals surface area contributed by atoms with Crippen LogP contribution in [0.2, 0.25) is 0 Å². The molecular weight excluding hydrogens is 336 g/mol. The molecule has 0 spiro atoms. The van der Waals surface area contributed by atoms with Gasteiger partial charge < -0.3 is 9.64 Å². The van der Waals surface area contributed by atoms with Gasteiger partial charge >= 0.3 is 0 Å². The van der Waals surface area contributed by atoms with Crippen LogP contribution in [0.25, 0.3) is 5.57 Å². The normalized spacial score (nSPS) is 23.1. The summed E-state index contributed by atoms with van der Waals surface area (Å²) in [6.07, 6.45) is 11.4. The number of carbonyl (C=O) groups is 1. The summed E-state index contributed by atoms with van der Waals surface area (Å²) >= 11 is 0. The molecule has 2 aliphatic heterocycles. The van der Waals surface area contributed by atoms with Gasteiger partial charge in [-0.15, -0.1) is 0 Å². The van der Waals surface area contributed by atoms with E-state index in [-0.39, 0.29) is 11.8 Å². The van der Waals surface area contributed by atoms with Crippen LogP contribution in [0.5, 0.6) is 5.75 Å². The van der Waals surface area contributed by atoms with Crippen molar-refractivity contribution >= 4 is 17.2 Å². The second-order valence-corrected chi connectivity index (χ2v) is 7.99. The Morgan fingerprint density at radius 1 is 1.11 bits per heavy atom. The van der Waals surface area contributed by atoms with Gasteiger partial charge in [0.05, 0.1) is 6.10 Å². The monoisotopic (exact) mass is 366 g/mol. The molecule has 0 aromatic heterocycles. The SMILES string of the molecule is CCCCN1CCCC2C(c3ccc(OC4CCCC4)cc3)=CN=C2C1=O. The Kier molecular flexibility index (Phi) is 5.61. The molecule has 1 atom stereocenters. The van der Waals surface area contributed by atoms with Gasteiger partial charge in [-0.2, -0.15) is 0 Å². The lowest BCUT2D eigenvalue weighted by Crippen LogP contribution is -2.37. The average molecular weight is 367 g/mol. The molecule has 1 amide bonds. The minimum Gasteiger partial charge on any atom is -0.490 e. The zero-order chi connectivity index (χ0) is 18.6. The van der Waals surface area contributed by atoms with Crippen LogP contribution in [0, 0.1) is 5.92 Å². The topological polar surface area (TPSA) is 41.9 Å². The van der Waals surface area contributed by atoms with E-state index >= 15 is 0 Å². The quantitative estimate of drug-likeness (QED) is 0.723. The first-order chi connectivity index (χ1) is 13.3. The highest BCUT2D eigenvalue weighted by molar-refractivity contribution is 6.42. The van der Waals surface area contributed by atoms with Crippen molar-refractivity contribution in [3.05, 3.63) is 36.0 Å². The second kappa shape index (κ2) is 8.28. The molecule has 2 heterocycles. The van der Waals surface area contributed by atoms with Crippen molar-refractivity contribution in [1.29, 1.82) is 0 Å². The number of fused-ring (bicyclic) bond motifs is 1. The summed E-state index contributed by atoms with van der Waals surface area (Å²) in [5.74, 6) is 1.23. The highest BCUT2D eigenvalue weighted by Gasteiger charge is 2.35. The highest BCUT2D eigenvalue weighted by Crippen LogP contribution is 2.36. The van der Waals surface area contributed by atoms with E-state index in [2.05, 4.69) is 36.2 Å². The number of unbranched alkanes of at least 4 members (excludes halogenated alkanes) is 1. The third-order valence-electron chi connectivity index (χ3n) is 6.05. The molecule has 4 rings (SSSR count). The fourth-order valence-corrected chi connectivity index (χ4v) is 4.48. The molecule has 3 aliphatic rings. The first kappa shape index (κ1) is 18.3. The van der Waals surface area contributed by atoms with E-state index in [1.807, 2.05) is 11.1 Å². The summed E-state index contributed by atoms with van der Waals surface area (Å²) in [5.41, 5.74) is 3.08. The second-order valence-electron chi connectivity index (χ2n) is 7.99. The molecule has 1 aromatic carbocycles. The molecule has 144 valence electrons. The molecule has 27 heavy (non-hydrogen) atoms. The number of hydrogen-bond donors (Lipinski definition) is 0. The van der Waals surface area contributed by atoms with E-state index < -0.39 is 0 Å². The molecular formula is C23H30N2O2. The zero-order valence-electron chi connectivity index (χ0n) is 16.3. The molecule has 2 fully saturated rings. The van der Waals surface area contributed by atoms with Gasteiger partial charge in [-0.25, -0.2) is 0 Å². The number of aliphatic imine (C=N–C) groups is 1. The molecule has 0 bridgehead atoms. The zero-order valence-corrected chi connectivity index (χ0v) is 16.3. The molecule has 4 nitrogen and oxygen atoms in total. The van der Waals surface area contributed by atoms with E-state index in [1.165, 1.54) is 31.3 Å². The van der Waals surface area contributed by atoms with Gasteiger partial charge in [-0.3, -0.25) is 9.79 Å². The van der Waals surface area contributed by atoms with Gasteiger partial charge in [0.1, 0.15) is 11.5 Å². The van der Waals surface area contributed by atoms with Gasteiger partial charge in [-0.1, -0.05) is 25.5 Å². The predicted molar refractivity (Wildman–Crippen MR) is 109 cm³/mol. The van der Waals surface area contributed by atoms with Gasteiger partial charge in [0, 0.05) is 25.2 Å². The van der Waals surface area contributed by atoms with Crippen LogP contribution in [0.15, 0.2) is 35.5 Å². The van der Waals surface area contributed by atoms with Crippen LogP contribution in [0.1, 0.15) is 63.9 Å². The van der Waals surface area contributed by atoms with Crippen LogP contribution >= 0.6 is 0 Å². The third-order valence-corrected chi connectivity index (χ3v) is 6.05. The number of carbonyl (C=O) groups excluding carboxylic acids is 1. The van der Waals surface area contributed by atoms with E-state index in [1.54, 1.807) is 0 Å². The predicted octanol–water partition coefficient (Wildman–Crippen LogP) is 4.84. The van der Waals surface area contributed by atoms with Crippen molar-refractivity contribution in [3.8, 4) is 5.75 Å². The van der Waals surface area contributed by atoms with Crippen molar-refractivity contribution in [2.75, 3.05) is 13.1 Å². The van der Waals surface area contributed by atoms with Gasteiger partial charge in [0.2, 0.25) is 0 Å².